The molecule has 7 heteroatoms. The second-order valence-electron chi connectivity index (χ2n) is 9.61. The van der Waals surface area contributed by atoms with Crippen LogP contribution in [-0.4, -0.2) is 63.8 Å². The minimum Gasteiger partial charge on any atom is -0.347 e. The molecule has 1 N–H and O–H groups in total. The molecule has 2 heterocycles. The van der Waals surface area contributed by atoms with E-state index < -0.39 is 0 Å². The average Bonchev–Trinajstić information content (AvgIpc) is 3.47. The van der Waals surface area contributed by atoms with Gasteiger partial charge in [0.1, 0.15) is 5.82 Å². The quantitative estimate of drug-likeness (QED) is 0.779. The second kappa shape index (κ2) is 9.32. The van der Waals surface area contributed by atoms with Crippen LogP contribution < -0.4 is 5.32 Å². The van der Waals surface area contributed by atoms with Gasteiger partial charge in [-0.15, -0.1) is 0 Å². The lowest BCUT2D eigenvalue weighted by Gasteiger charge is -2.42. The zero-order valence-electron chi connectivity index (χ0n) is 19.0. The molecule has 1 amide bonds. The number of rotatable bonds is 5. The summed E-state index contributed by atoms with van der Waals surface area (Å²) in [5.74, 6) is -0.410. The first-order valence-electron chi connectivity index (χ1n) is 12.1. The number of nitrogens with one attached hydrogen (secondary N) is 1. The first-order chi connectivity index (χ1) is 15.6. The first kappa shape index (κ1) is 21.6. The molecule has 1 aliphatic heterocycles. The lowest BCUT2D eigenvalue weighted by Crippen LogP contribution is -2.53. The van der Waals surface area contributed by atoms with Crippen LogP contribution in [0.4, 0.5) is 4.39 Å². The van der Waals surface area contributed by atoms with E-state index in [0.717, 1.165) is 49.5 Å². The molecule has 32 heavy (non-hydrogen) atoms. The van der Waals surface area contributed by atoms with Crippen LogP contribution >= 0.6 is 0 Å². The number of fused-ring (bicyclic) bond motifs is 1. The van der Waals surface area contributed by atoms with Gasteiger partial charge in [0.05, 0.1) is 0 Å². The van der Waals surface area contributed by atoms with Gasteiger partial charge < -0.3 is 5.32 Å². The molecular formula is C25H34FN5O. The molecule has 172 valence electrons. The number of amides is 1. The van der Waals surface area contributed by atoms with Crippen molar-refractivity contribution >= 4 is 5.91 Å². The number of piperazine rings is 1. The molecule has 5 rings (SSSR count). The lowest BCUT2D eigenvalue weighted by molar-refractivity contribution is 0.0654. The summed E-state index contributed by atoms with van der Waals surface area (Å²) in [6, 6.07) is 7.53. The van der Waals surface area contributed by atoms with E-state index in [0.29, 0.717) is 18.3 Å². The number of aromatic nitrogens is 2. The van der Waals surface area contributed by atoms with Gasteiger partial charge in [0.15, 0.2) is 5.69 Å². The fraction of sp³-hybridized carbons (Fsp3) is 0.600. The van der Waals surface area contributed by atoms with Crippen LogP contribution in [0.2, 0.25) is 0 Å². The number of hydrogen-bond donors (Lipinski definition) is 1. The number of halogens is 1. The third-order valence-corrected chi connectivity index (χ3v) is 7.72. The van der Waals surface area contributed by atoms with E-state index in [-0.39, 0.29) is 11.7 Å². The molecule has 2 aliphatic carbocycles. The van der Waals surface area contributed by atoms with Gasteiger partial charge in [-0.25, -0.2) is 4.39 Å². The Hall–Kier alpha value is -2.25. The van der Waals surface area contributed by atoms with E-state index in [9.17, 15) is 9.18 Å². The molecule has 1 saturated heterocycles. The van der Waals surface area contributed by atoms with Crippen LogP contribution in [-0.2, 0) is 26.4 Å². The largest absolute Gasteiger partial charge is 0.347 e. The molecule has 1 aromatic heterocycles. The van der Waals surface area contributed by atoms with Gasteiger partial charge in [-0.2, -0.15) is 5.10 Å². The predicted octanol–water partition coefficient (Wildman–Crippen LogP) is 2.91. The van der Waals surface area contributed by atoms with E-state index in [2.05, 4.69) is 20.2 Å². The van der Waals surface area contributed by atoms with Gasteiger partial charge in [-0.3, -0.25) is 19.3 Å². The summed E-state index contributed by atoms with van der Waals surface area (Å²) in [6.45, 7) is 4.97. The smallest absolute Gasteiger partial charge is 0.272 e. The topological polar surface area (TPSA) is 53.4 Å². The van der Waals surface area contributed by atoms with Crippen molar-refractivity contribution in [3.8, 4) is 0 Å². The van der Waals surface area contributed by atoms with Crippen LogP contribution in [0.25, 0.3) is 0 Å². The molecule has 1 unspecified atom stereocenters. The highest BCUT2D eigenvalue weighted by Crippen LogP contribution is 2.29. The molecule has 0 spiro atoms. The number of benzene rings is 1. The first-order valence-corrected chi connectivity index (χ1v) is 12.1. The Morgan fingerprint density at radius 3 is 2.38 bits per heavy atom. The minimum atomic E-state index is -0.269. The molecule has 1 atom stereocenters. The summed E-state index contributed by atoms with van der Waals surface area (Å²) in [4.78, 5) is 18.3. The Morgan fingerprint density at radius 2 is 1.69 bits per heavy atom. The van der Waals surface area contributed by atoms with Crippen molar-refractivity contribution < 1.29 is 9.18 Å². The maximum Gasteiger partial charge on any atom is 0.272 e. The Balaban J connectivity index is 1.22. The highest BCUT2D eigenvalue weighted by molar-refractivity contribution is 5.94. The summed E-state index contributed by atoms with van der Waals surface area (Å²) < 4.78 is 15.0. The highest BCUT2D eigenvalue weighted by atomic mass is 19.1. The van der Waals surface area contributed by atoms with Gasteiger partial charge in [0, 0.05) is 63.1 Å². The van der Waals surface area contributed by atoms with Crippen molar-refractivity contribution in [2.45, 2.75) is 63.6 Å². The van der Waals surface area contributed by atoms with Crippen LogP contribution in [0.15, 0.2) is 24.3 Å². The molecule has 6 nitrogen and oxygen atoms in total. The van der Waals surface area contributed by atoms with Crippen molar-refractivity contribution in [1.29, 1.82) is 0 Å². The maximum atomic E-state index is 13.1. The van der Waals surface area contributed by atoms with Gasteiger partial charge in [-0.1, -0.05) is 25.0 Å². The average molecular weight is 440 g/mol. The van der Waals surface area contributed by atoms with E-state index in [4.69, 9.17) is 0 Å². The van der Waals surface area contributed by atoms with Gasteiger partial charge in [0.2, 0.25) is 0 Å². The number of carbonyl (C=O) groups is 1. The third kappa shape index (κ3) is 4.46. The monoisotopic (exact) mass is 439 g/mol. The van der Waals surface area contributed by atoms with E-state index >= 15 is 0 Å². The Labute approximate surface area is 189 Å². The Morgan fingerprint density at radius 1 is 1.03 bits per heavy atom. The molecule has 1 saturated carbocycles. The lowest BCUT2D eigenvalue weighted by atomic mass is 9.89. The molecule has 0 bridgehead atoms. The van der Waals surface area contributed by atoms with Crippen molar-refractivity contribution in [2.24, 2.45) is 7.05 Å². The van der Waals surface area contributed by atoms with Crippen molar-refractivity contribution in [3.05, 3.63) is 52.6 Å². The number of aryl methyl sites for hydroxylation is 1. The van der Waals surface area contributed by atoms with Gasteiger partial charge >= 0.3 is 0 Å². The summed E-state index contributed by atoms with van der Waals surface area (Å²) in [6.07, 6.45) is 8.53. The van der Waals surface area contributed by atoms with Crippen molar-refractivity contribution in [2.75, 3.05) is 26.2 Å². The molecule has 3 aliphatic rings. The zero-order chi connectivity index (χ0) is 22.1. The van der Waals surface area contributed by atoms with Gasteiger partial charge in [-0.05, 0) is 49.8 Å². The number of carbonyl (C=O) groups excluding carboxylic acids is 1. The third-order valence-electron chi connectivity index (χ3n) is 7.72. The standard InChI is InChI=1S/C25H34FN5O/c1-29-23-11-10-21(31-14-12-30(13-15-31)20-4-2-3-5-20)16-22(23)24(28-29)25(32)27-17-18-6-8-19(26)9-7-18/h6-9,20-21H,2-5,10-17H2,1H3,(H,27,32). The molecule has 2 aromatic rings. The number of nitrogens with zero attached hydrogens (tertiary/aromatic N) is 4. The normalized spacial score (nSPS) is 22.8. The summed E-state index contributed by atoms with van der Waals surface area (Å²) >= 11 is 0. The molecule has 1 aromatic carbocycles. The van der Waals surface area contributed by atoms with E-state index in [1.54, 1.807) is 12.1 Å². The molecule has 2 fully saturated rings. The number of hydrogen-bond acceptors (Lipinski definition) is 4. The predicted molar refractivity (Wildman–Crippen MR) is 122 cm³/mol. The fourth-order valence-corrected chi connectivity index (χ4v) is 5.87. The van der Waals surface area contributed by atoms with Crippen molar-refractivity contribution in [3.63, 3.8) is 0 Å². The second-order valence-corrected chi connectivity index (χ2v) is 9.61. The maximum absolute atomic E-state index is 13.1. The summed E-state index contributed by atoms with van der Waals surface area (Å²) in [5, 5.41) is 7.55. The summed E-state index contributed by atoms with van der Waals surface area (Å²) in [5.41, 5.74) is 3.73. The Kier molecular flexibility index (Phi) is 6.28. The van der Waals surface area contributed by atoms with Crippen LogP contribution in [0.1, 0.15) is 59.4 Å². The van der Waals surface area contributed by atoms with Crippen LogP contribution in [0.5, 0.6) is 0 Å². The van der Waals surface area contributed by atoms with Gasteiger partial charge in [0.25, 0.3) is 5.91 Å². The molecular weight excluding hydrogens is 405 g/mol. The minimum absolute atomic E-state index is 0.141. The zero-order valence-corrected chi connectivity index (χ0v) is 19.0. The van der Waals surface area contributed by atoms with E-state index in [1.165, 1.54) is 56.6 Å². The van der Waals surface area contributed by atoms with E-state index in [1.807, 2.05) is 11.7 Å². The molecule has 0 radical (unpaired) electrons. The Bertz CT molecular complexity index is 942. The van der Waals surface area contributed by atoms with Crippen LogP contribution in [0, 0.1) is 5.82 Å². The SMILES string of the molecule is Cn1nc(C(=O)NCc2ccc(F)cc2)c2c1CCC(N1CCN(C3CCCC3)CC1)C2. The van der Waals surface area contributed by atoms with Crippen molar-refractivity contribution in [1.82, 2.24) is 24.9 Å². The fourth-order valence-electron chi connectivity index (χ4n) is 5.87. The summed E-state index contributed by atoms with van der Waals surface area (Å²) in [7, 11) is 1.94. The highest BCUT2D eigenvalue weighted by Gasteiger charge is 2.33. The van der Waals surface area contributed by atoms with Crippen LogP contribution in [0.3, 0.4) is 0 Å².